The first-order valence-electron chi connectivity index (χ1n) is 3.21. The average molecular weight is 341 g/mol. The van der Waals surface area contributed by atoms with Crippen LogP contribution in [0.2, 0.25) is 0 Å². The summed E-state index contributed by atoms with van der Waals surface area (Å²) < 4.78 is 1.53. The Balaban J connectivity index is 3.38. The molecule has 0 aliphatic rings. The van der Waals surface area contributed by atoms with Gasteiger partial charge in [0.05, 0.1) is 5.56 Å². The van der Waals surface area contributed by atoms with E-state index < -0.39 is 0 Å². The highest BCUT2D eigenvalue weighted by atomic mass is 127. The molecule has 0 radical (unpaired) electrons. The Morgan fingerprint density at radius 3 is 2.58 bits per heavy atom. The number of Topliss-reactive ketones (excluding diaryl/α,β-unsaturated/α-hetero) is 1. The molecular formula is C8H6BrIO2. The standard InChI is InChI=1S/C8H6BrIO2/c1-4(11)8-6(10)2-5(9)3-7(8)12/h2-3,12H,1H3. The van der Waals surface area contributed by atoms with Crippen molar-refractivity contribution >= 4 is 44.3 Å². The molecule has 4 heteroatoms. The molecule has 1 N–H and O–H groups in total. The third kappa shape index (κ3) is 1.98. The Labute approximate surface area is 92.2 Å². The van der Waals surface area contributed by atoms with Crippen LogP contribution in [0.4, 0.5) is 0 Å². The van der Waals surface area contributed by atoms with Crippen LogP contribution in [-0.4, -0.2) is 10.9 Å². The van der Waals surface area contributed by atoms with Gasteiger partial charge in [-0.05, 0) is 41.6 Å². The Morgan fingerprint density at radius 2 is 2.17 bits per heavy atom. The lowest BCUT2D eigenvalue weighted by Gasteiger charge is -2.03. The Kier molecular flexibility index (Phi) is 3.11. The highest BCUT2D eigenvalue weighted by Gasteiger charge is 2.11. The maximum absolute atomic E-state index is 11.0. The number of carbonyl (C=O) groups excluding carboxylic acids is 1. The summed E-state index contributed by atoms with van der Waals surface area (Å²) in [6.45, 7) is 1.44. The zero-order valence-electron chi connectivity index (χ0n) is 6.27. The van der Waals surface area contributed by atoms with Crippen LogP contribution in [0.5, 0.6) is 5.75 Å². The SMILES string of the molecule is CC(=O)c1c(O)cc(Br)cc1I. The predicted octanol–water partition coefficient (Wildman–Crippen LogP) is 2.96. The molecule has 0 unspecified atom stereocenters. The smallest absolute Gasteiger partial charge is 0.164 e. The van der Waals surface area contributed by atoms with Crippen molar-refractivity contribution in [3.63, 3.8) is 0 Å². The van der Waals surface area contributed by atoms with Gasteiger partial charge in [0.1, 0.15) is 5.75 Å². The van der Waals surface area contributed by atoms with Crippen LogP contribution in [0.1, 0.15) is 17.3 Å². The fourth-order valence-electron chi connectivity index (χ4n) is 0.909. The van der Waals surface area contributed by atoms with E-state index in [1.54, 1.807) is 6.07 Å². The third-order valence-corrected chi connectivity index (χ3v) is 2.69. The van der Waals surface area contributed by atoms with Crippen LogP contribution < -0.4 is 0 Å². The van der Waals surface area contributed by atoms with Crippen LogP contribution in [0.3, 0.4) is 0 Å². The molecule has 0 fully saturated rings. The quantitative estimate of drug-likeness (QED) is 0.630. The van der Waals surface area contributed by atoms with Crippen molar-refractivity contribution < 1.29 is 9.90 Å². The largest absolute Gasteiger partial charge is 0.507 e. The first kappa shape index (κ1) is 9.98. The fourth-order valence-corrected chi connectivity index (χ4v) is 2.77. The molecule has 0 heterocycles. The summed E-state index contributed by atoms with van der Waals surface area (Å²) >= 11 is 5.24. The van der Waals surface area contributed by atoms with Crippen molar-refractivity contribution in [1.82, 2.24) is 0 Å². The number of phenolic OH excluding ortho intramolecular Hbond substituents is 1. The number of aromatic hydroxyl groups is 1. The molecule has 0 atom stereocenters. The van der Waals surface area contributed by atoms with Gasteiger partial charge in [0.2, 0.25) is 0 Å². The molecular weight excluding hydrogens is 335 g/mol. The maximum atomic E-state index is 11.0. The Morgan fingerprint density at radius 1 is 1.58 bits per heavy atom. The number of halogens is 2. The summed E-state index contributed by atoms with van der Waals surface area (Å²) in [5.41, 5.74) is 0.388. The molecule has 0 bridgehead atoms. The highest BCUT2D eigenvalue weighted by molar-refractivity contribution is 14.1. The predicted molar refractivity (Wildman–Crippen MR) is 58.5 cm³/mol. The number of hydrogen-bond acceptors (Lipinski definition) is 2. The van der Waals surface area contributed by atoms with E-state index in [1.807, 2.05) is 22.6 Å². The van der Waals surface area contributed by atoms with Gasteiger partial charge in [-0.1, -0.05) is 15.9 Å². The first-order valence-corrected chi connectivity index (χ1v) is 5.08. The van der Waals surface area contributed by atoms with Crippen LogP contribution >= 0.6 is 38.5 Å². The maximum Gasteiger partial charge on any atom is 0.164 e. The lowest BCUT2D eigenvalue weighted by Crippen LogP contribution is -1.96. The molecule has 64 valence electrons. The second kappa shape index (κ2) is 3.74. The Bertz CT molecular complexity index is 313. The van der Waals surface area contributed by atoms with Gasteiger partial charge < -0.3 is 5.11 Å². The number of hydrogen-bond donors (Lipinski definition) is 1. The molecule has 12 heavy (non-hydrogen) atoms. The molecule has 1 aromatic rings. The van der Waals surface area contributed by atoms with Crippen LogP contribution in [0, 0.1) is 3.57 Å². The van der Waals surface area contributed by atoms with Crippen LogP contribution in [0.25, 0.3) is 0 Å². The number of phenols is 1. The fraction of sp³-hybridized carbons (Fsp3) is 0.125. The van der Waals surface area contributed by atoms with Gasteiger partial charge in [-0.2, -0.15) is 0 Å². The summed E-state index contributed by atoms with van der Waals surface area (Å²) in [7, 11) is 0. The third-order valence-electron chi connectivity index (χ3n) is 1.39. The Hall–Kier alpha value is -0.100. The van der Waals surface area contributed by atoms with Crippen molar-refractivity contribution in [1.29, 1.82) is 0 Å². The van der Waals surface area contributed by atoms with Gasteiger partial charge in [-0.3, -0.25) is 4.79 Å². The zero-order chi connectivity index (χ0) is 9.30. The monoisotopic (exact) mass is 340 g/mol. The number of benzene rings is 1. The van der Waals surface area contributed by atoms with Gasteiger partial charge in [0, 0.05) is 8.04 Å². The summed E-state index contributed by atoms with van der Waals surface area (Å²) in [6, 6.07) is 3.30. The normalized spacial score (nSPS) is 9.92. The molecule has 0 spiro atoms. The summed E-state index contributed by atoms with van der Waals surface area (Å²) in [6.07, 6.45) is 0. The lowest BCUT2D eigenvalue weighted by atomic mass is 10.1. The van der Waals surface area contributed by atoms with E-state index in [-0.39, 0.29) is 11.5 Å². The molecule has 0 aliphatic carbocycles. The molecule has 0 saturated heterocycles. The average Bonchev–Trinajstić information content (AvgIpc) is 1.82. The van der Waals surface area contributed by atoms with Crippen molar-refractivity contribution in [3.05, 3.63) is 25.7 Å². The van der Waals surface area contributed by atoms with E-state index in [2.05, 4.69) is 15.9 Å². The minimum Gasteiger partial charge on any atom is -0.507 e. The van der Waals surface area contributed by atoms with Gasteiger partial charge >= 0.3 is 0 Å². The molecule has 0 saturated carbocycles. The minimum atomic E-state index is -0.121. The van der Waals surface area contributed by atoms with Gasteiger partial charge in [0.25, 0.3) is 0 Å². The van der Waals surface area contributed by atoms with Crippen molar-refractivity contribution in [2.45, 2.75) is 6.92 Å². The molecule has 0 amide bonds. The topological polar surface area (TPSA) is 37.3 Å². The molecule has 2 nitrogen and oxygen atoms in total. The van der Waals surface area contributed by atoms with E-state index in [9.17, 15) is 9.90 Å². The van der Waals surface area contributed by atoms with Crippen LogP contribution in [-0.2, 0) is 0 Å². The van der Waals surface area contributed by atoms with Crippen molar-refractivity contribution in [3.8, 4) is 5.75 Å². The van der Waals surface area contributed by atoms with E-state index >= 15 is 0 Å². The summed E-state index contributed by atoms with van der Waals surface area (Å²) in [4.78, 5) is 11.0. The number of rotatable bonds is 1. The first-order chi connectivity index (χ1) is 5.52. The molecule has 1 aromatic carbocycles. The van der Waals surface area contributed by atoms with Crippen LogP contribution in [0.15, 0.2) is 16.6 Å². The second-order valence-electron chi connectivity index (χ2n) is 2.34. The van der Waals surface area contributed by atoms with Gasteiger partial charge in [-0.15, -0.1) is 0 Å². The van der Waals surface area contributed by atoms with E-state index in [1.165, 1.54) is 13.0 Å². The number of carbonyl (C=O) groups is 1. The minimum absolute atomic E-state index is 0.0290. The second-order valence-corrected chi connectivity index (χ2v) is 4.42. The van der Waals surface area contributed by atoms with E-state index in [0.29, 0.717) is 5.56 Å². The summed E-state index contributed by atoms with van der Waals surface area (Å²) in [5.74, 6) is -0.0920. The van der Waals surface area contributed by atoms with Crippen molar-refractivity contribution in [2.75, 3.05) is 0 Å². The molecule has 0 aliphatic heterocycles. The summed E-state index contributed by atoms with van der Waals surface area (Å²) in [5, 5.41) is 9.39. The molecule has 0 aromatic heterocycles. The van der Waals surface area contributed by atoms with Gasteiger partial charge in [-0.25, -0.2) is 0 Å². The highest BCUT2D eigenvalue weighted by Crippen LogP contribution is 2.27. The zero-order valence-corrected chi connectivity index (χ0v) is 10.0. The van der Waals surface area contributed by atoms with E-state index in [4.69, 9.17) is 0 Å². The van der Waals surface area contributed by atoms with Crippen molar-refractivity contribution in [2.24, 2.45) is 0 Å². The number of ketones is 1. The molecule has 1 rings (SSSR count). The van der Waals surface area contributed by atoms with E-state index in [0.717, 1.165) is 8.04 Å². The lowest BCUT2D eigenvalue weighted by molar-refractivity contribution is 0.101. The van der Waals surface area contributed by atoms with Gasteiger partial charge in [0.15, 0.2) is 5.78 Å².